The highest BCUT2D eigenvalue weighted by molar-refractivity contribution is 7.47. The number of amides is 1. The van der Waals surface area contributed by atoms with Crippen LogP contribution in [0.25, 0.3) is 0 Å². The summed E-state index contributed by atoms with van der Waals surface area (Å²) in [6.07, 6.45) is 33.3. The summed E-state index contributed by atoms with van der Waals surface area (Å²) in [6.45, 7) is 5.93. The SMILES string of the molecule is CCCCCCCCCCCCCCCCCC(=O)NCC(COP(=O)(O)OCC[N+](C)(C)C)OCCCCCCCCCCCCC. The van der Waals surface area contributed by atoms with Gasteiger partial charge in [-0.2, -0.15) is 0 Å². The molecule has 2 N–H and O–H groups in total. The Morgan fingerprint density at radius 1 is 0.604 bits per heavy atom. The fourth-order valence-corrected chi connectivity index (χ4v) is 6.54. The average molecular weight is 706 g/mol. The molecule has 0 bridgehead atoms. The van der Waals surface area contributed by atoms with Crippen LogP contribution in [-0.2, 0) is 23.1 Å². The molecule has 0 spiro atoms. The van der Waals surface area contributed by atoms with Crippen molar-refractivity contribution in [1.82, 2.24) is 5.32 Å². The molecule has 0 aliphatic carbocycles. The summed E-state index contributed by atoms with van der Waals surface area (Å²) in [5.74, 6) is -0.000588. The van der Waals surface area contributed by atoms with Crippen LogP contribution in [0.3, 0.4) is 0 Å². The minimum atomic E-state index is -4.20. The van der Waals surface area contributed by atoms with Gasteiger partial charge in [0.25, 0.3) is 0 Å². The van der Waals surface area contributed by atoms with Crippen molar-refractivity contribution in [3.63, 3.8) is 0 Å². The van der Waals surface area contributed by atoms with Gasteiger partial charge in [0.1, 0.15) is 13.2 Å². The van der Waals surface area contributed by atoms with E-state index >= 15 is 0 Å². The zero-order chi connectivity index (χ0) is 35.6. The van der Waals surface area contributed by atoms with Crippen molar-refractivity contribution in [1.29, 1.82) is 0 Å². The first-order valence-electron chi connectivity index (χ1n) is 20.4. The zero-order valence-electron chi connectivity index (χ0n) is 32.6. The van der Waals surface area contributed by atoms with E-state index in [4.69, 9.17) is 13.8 Å². The van der Waals surface area contributed by atoms with Crippen LogP contribution < -0.4 is 5.32 Å². The van der Waals surface area contributed by atoms with E-state index in [1.807, 2.05) is 21.1 Å². The summed E-state index contributed by atoms with van der Waals surface area (Å²) < 4.78 is 29.6. The Bertz CT molecular complexity index is 748. The summed E-state index contributed by atoms with van der Waals surface area (Å²) in [5, 5.41) is 2.97. The van der Waals surface area contributed by atoms with Crippen LogP contribution in [0.2, 0.25) is 0 Å². The maximum absolute atomic E-state index is 12.6. The van der Waals surface area contributed by atoms with Crippen molar-refractivity contribution in [2.24, 2.45) is 0 Å². The van der Waals surface area contributed by atoms with E-state index in [0.717, 1.165) is 25.7 Å². The number of rotatable bonds is 38. The predicted molar refractivity (Wildman–Crippen MR) is 203 cm³/mol. The van der Waals surface area contributed by atoms with Crippen LogP contribution in [0.15, 0.2) is 0 Å². The number of phosphoric acid groups is 1. The molecule has 0 saturated heterocycles. The lowest BCUT2D eigenvalue weighted by Crippen LogP contribution is -2.37. The van der Waals surface area contributed by atoms with Gasteiger partial charge in [0, 0.05) is 19.6 Å². The van der Waals surface area contributed by atoms with Gasteiger partial charge in [-0.1, -0.05) is 168 Å². The summed E-state index contributed by atoms with van der Waals surface area (Å²) in [5.41, 5.74) is 0. The molecule has 288 valence electrons. The molecule has 0 rings (SSSR count). The molecule has 9 heteroatoms. The Labute approximate surface area is 298 Å². The van der Waals surface area contributed by atoms with Crippen LogP contribution in [-0.4, -0.2) is 75.4 Å². The number of carbonyl (C=O) groups is 1. The van der Waals surface area contributed by atoms with Crippen molar-refractivity contribution in [3.05, 3.63) is 0 Å². The number of quaternary nitrogens is 1. The van der Waals surface area contributed by atoms with E-state index in [1.54, 1.807) is 0 Å². The largest absolute Gasteiger partial charge is 0.472 e. The van der Waals surface area contributed by atoms with E-state index in [2.05, 4.69) is 19.2 Å². The maximum Gasteiger partial charge on any atom is 0.472 e. The number of nitrogens with zero attached hydrogens (tertiary/aromatic N) is 1. The van der Waals surface area contributed by atoms with Gasteiger partial charge in [0.2, 0.25) is 5.91 Å². The lowest BCUT2D eigenvalue weighted by atomic mass is 10.0. The molecule has 0 aromatic carbocycles. The molecular formula is C39H82N2O6P+. The third-order valence-corrected chi connectivity index (χ3v) is 10.1. The van der Waals surface area contributed by atoms with Crippen LogP contribution in [0, 0.1) is 0 Å². The smallest absolute Gasteiger partial charge is 0.374 e. The molecule has 2 unspecified atom stereocenters. The van der Waals surface area contributed by atoms with E-state index in [9.17, 15) is 14.3 Å². The number of hydrogen-bond donors (Lipinski definition) is 2. The lowest BCUT2D eigenvalue weighted by Gasteiger charge is -2.24. The predicted octanol–water partition coefficient (Wildman–Crippen LogP) is 10.9. The van der Waals surface area contributed by atoms with Gasteiger partial charge in [0.15, 0.2) is 0 Å². The van der Waals surface area contributed by atoms with E-state index in [-0.39, 0.29) is 25.7 Å². The van der Waals surface area contributed by atoms with Crippen molar-refractivity contribution in [3.8, 4) is 0 Å². The Kier molecular flexibility index (Phi) is 33.3. The van der Waals surface area contributed by atoms with E-state index in [1.165, 1.54) is 141 Å². The molecule has 0 radical (unpaired) electrons. The third-order valence-electron chi connectivity index (χ3n) is 9.08. The van der Waals surface area contributed by atoms with E-state index < -0.39 is 13.9 Å². The number of unbranched alkanes of at least 4 members (excludes halogenated alkanes) is 24. The molecule has 2 atom stereocenters. The molecule has 0 saturated carbocycles. The van der Waals surface area contributed by atoms with Crippen LogP contribution in [0.4, 0.5) is 0 Å². The number of ether oxygens (including phenoxy) is 1. The van der Waals surface area contributed by atoms with Gasteiger partial charge in [-0.25, -0.2) is 4.57 Å². The lowest BCUT2D eigenvalue weighted by molar-refractivity contribution is -0.870. The van der Waals surface area contributed by atoms with Crippen molar-refractivity contribution < 1.29 is 32.5 Å². The number of nitrogens with one attached hydrogen (secondary N) is 1. The summed E-state index contributed by atoms with van der Waals surface area (Å²) in [7, 11) is 1.78. The van der Waals surface area contributed by atoms with Crippen molar-refractivity contribution in [2.75, 3.05) is 54.1 Å². The Morgan fingerprint density at radius 2 is 1.00 bits per heavy atom. The highest BCUT2D eigenvalue weighted by Gasteiger charge is 2.25. The fraction of sp³-hybridized carbons (Fsp3) is 0.974. The van der Waals surface area contributed by atoms with E-state index in [0.29, 0.717) is 24.1 Å². The Hall–Kier alpha value is -0.500. The van der Waals surface area contributed by atoms with Gasteiger partial charge in [-0.15, -0.1) is 0 Å². The quantitative estimate of drug-likeness (QED) is 0.0377. The van der Waals surface area contributed by atoms with Crippen LogP contribution in [0.5, 0.6) is 0 Å². The average Bonchev–Trinajstić information content (AvgIpc) is 3.03. The fourth-order valence-electron chi connectivity index (χ4n) is 5.80. The highest BCUT2D eigenvalue weighted by Crippen LogP contribution is 2.43. The first-order valence-corrected chi connectivity index (χ1v) is 21.9. The second kappa shape index (κ2) is 33.6. The molecule has 48 heavy (non-hydrogen) atoms. The van der Waals surface area contributed by atoms with Crippen molar-refractivity contribution in [2.45, 2.75) is 193 Å². The first-order chi connectivity index (χ1) is 23.1. The number of hydrogen-bond acceptors (Lipinski definition) is 5. The van der Waals surface area contributed by atoms with Gasteiger partial charge < -0.3 is 19.4 Å². The summed E-state index contributed by atoms with van der Waals surface area (Å²) in [4.78, 5) is 22.7. The molecule has 8 nitrogen and oxygen atoms in total. The molecule has 0 aliphatic rings. The highest BCUT2D eigenvalue weighted by atomic mass is 31.2. The first kappa shape index (κ1) is 47.5. The third kappa shape index (κ3) is 36.8. The molecular weight excluding hydrogens is 623 g/mol. The molecule has 0 aromatic heterocycles. The molecule has 0 heterocycles. The Balaban J connectivity index is 4.20. The molecule has 0 fully saturated rings. The molecule has 0 aliphatic heterocycles. The maximum atomic E-state index is 12.6. The van der Waals surface area contributed by atoms with Crippen molar-refractivity contribution >= 4 is 13.7 Å². The van der Waals surface area contributed by atoms with Gasteiger partial charge >= 0.3 is 7.82 Å². The number of likely N-dealkylation sites (N-methyl/N-ethyl adjacent to an activating group) is 1. The number of phosphoric ester groups is 1. The topological polar surface area (TPSA) is 94.1 Å². The Morgan fingerprint density at radius 3 is 1.42 bits per heavy atom. The van der Waals surface area contributed by atoms with Crippen LogP contribution >= 0.6 is 7.82 Å². The minimum Gasteiger partial charge on any atom is -0.374 e. The van der Waals surface area contributed by atoms with Gasteiger partial charge in [0.05, 0.1) is 33.9 Å². The zero-order valence-corrected chi connectivity index (χ0v) is 33.5. The normalized spacial score (nSPS) is 13.9. The second-order valence-electron chi connectivity index (χ2n) is 15.1. The number of carbonyl (C=O) groups excluding carboxylic acids is 1. The molecule has 0 aromatic rings. The van der Waals surface area contributed by atoms with Gasteiger partial charge in [-0.05, 0) is 12.8 Å². The summed E-state index contributed by atoms with van der Waals surface area (Å²) >= 11 is 0. The summed E-state index contributed by atoms with van der Waals surface area (Å²) in [6, 6.07) is 0. The van der Waals surface area contributed by atoms with Gasteiger partial charge in [-0.3, -0.25) is 13.8 Å². The molecule has 1 amide bonds. The standard InChI is InChI=1S/C39H81N2O6P/c1-6-8-10-12-14-16-18-19-20-21-22-24-26-28-30-32-39(42)40-36-38(37-47-48(43,44)46-35-33-41(3,4)5)45-34-31-29-27-25-23-17-15-13-11-9-7-2/h38H,6-37H2,1-5H3,(H-,40,42,43,44)/p+1. The second-order valence-corrected chi connectivity index (χ2v) is 16.6. The minimum absolute atomic E-state index is 0.000588. The monoisotopic (exact) mass is 706 g/mol. The van der Waals surface area contributed by atoms with Crippen LogP contribution in [0.1, 0.15) is 187 Å².